The highest BCUT2D eigenvalue weighted by Gasteiger charge is 2.21. The van der Waals surface area contributed by atoms with E-state index in [1.165, 1.54) is 18.4 Å². The summed E-state index contributed by atoms with van der Waals surface area (Å²) in [5.41, 5.74) is 2.92. The van der Waals surface area contributed by atoms with E-state index in [0.29, 0.717) is 33.3 Å². The number of aryl methyl sites for hydroxylation is 2. The van der Waals surface area contributed by atoms with Gasteiger partial charge in [-0.2, -0.15) is 0 Å². The zero-order chi connectivity index (χ0) is 28.3. The normalized spacial score (nSPS) is 11.2. The Morgan fingerprint density at radius 1 is 1.08 bits per heavy atom. The number of halogens is 1. The van der Waals surface area contributed by atoms with E-state index in [1.807, 2.05) is 42.6 Å². The van der Waals surface area contributed by atoms with Crippen LogP contribution < -0.4 is 20.2 Å². The summed E-state index contributed by atoms with van der Waals surface area (Å²) in [4.78, 5) is 42.0. The number of pyridine rings is 1. The highest BCUT2D eigenvalue weighted by molar-refractivity contribution is 7.19. The number of amides is 1. The molecule has 1 N–H and O–H groups in total. The van der Waals surface area contributed by atoms with Gasteiger partial charge in [-0.1, -0.05) is 23.7 Å². The molecular weight excluding hydrogens is 538 g/mol. The summed E-state index contributed by atoms with van der Waals surface area (Å²) in [6.45, 7) is 2.89. The quantitative estimate of drug-likeness (QED) is 0.276. The van der Waals surface area contributed by atoms with E-state index in [2.05, 4.69) is 5.32 Å². The second-order valence-electron chi connectivity index (χ2n) is 9.29. The number of nitrogens with one attached hydrogen (secondary N) is 1. The van der Waals surface area contributed by atoms with Gasteiger partial charge in [0.2, 0.25) is 5.43 Å². The average molecular weight is 568 g/mol. The molecule has 0 saturated carbocycles. The van der Waals surface area contributed by atoms with Crippen molar-refractivity contribution in [3.63, 3.8) is 0 Å². The maximum Gasteiger partial charge on any atom is 0.257 e. The monoisotopic (exact) mass is 567 g/mol. The van der Waals surface area contributed by atoms with Crippen LogP contribution in [0.5, 0.6) is 11.5 Å². The maximum atomic E-state index is 13.3. The van der Waals surface area contributed by atoms with Gasteiger partial charge in [-0.05, 0) is 55.4 Å². The lowest BCUT2D eigenvalue weighted by Gasteiger charge is -2.16. The number of nitrogens with zero attached hydrogens (tertiary/aromatic N) is 2. The molecule has 0 aliphatic carbocycles. The van der Waals surface area contributed by atoms with Gasteiger partial charge in [0.15, 0.2) is 17.3 Å². The first-order valence-corrected chi connectivity index (χ1v) is 13.4. The first-order valence-electron chi connectivity index (χ1n) is 12.2. The molecule has 0 radical (unpaired) electrons. The van der Waals surface area contributed by atoms with Crippen LogP contribution in [0, 0.1) is 6.92 Å². The molecule has 0 aliphatic rings. The molecular formula is C29H30ClN3O5S. The largest absolute Gasteiger partial charge is 0.493 e. The summed E-state index contributed by atoms with van der Waals surface area (Å²) in [6.07, 6.45) is 1.58. The first kappa shape index (κ1) is 28.4. The van der Waals surface area contributed by atoms with Crippen molar-refractivity contribution in [3.05, 3.63) is 91.0 Å². The number of rotatable bonds is 10. The van der Waals surface area contributed by atoms with Crippen molar-refractivity contribution in [2.24, 2.45) is 7.05 Å². The van der Waals surface area contributed by atoms with E-state index in [1.54, 1.807) is 43.6 Å². The van der Waals surface area contributed by atoms with Gasteiger partial charge in [0.1, 0.15) is 5.56 Å². The van der Waals surface area contributed by atoms with E-state index < -0.39 is 5.91 Å². The number of hydrogen-bond acceptors (Lipinski definition) is 7. The smallest absolute Gasteiger partial charge is 0.257 e. The fourth-order valence-electron chi connectivity index (χ4n) is 4.41. The van der Waals surface area contributed by atoms with Crippen LogP contribution in [0.3, 0.4) is 0 Å². The van der Waals surface area contributed by atoms with Crippen LogP contribution in [0.25, 0.3) is 10.2 Å². The third-order valence-electron chi connectivity index (χ3n) is 6.48. The average Bonchev–Trinajstić information content (AvgIpc) is 3.25. The molecule has 0 atom stereocenters. The lowest BCUT2D eigenvalue weighted by Crippen LogP contribution is -2.29. The Morgan fingerprint density at radius 2 is 1.77 bits per heavy atom. The van der Waals surface area contributed by atoms with Crippen molar-refractivity contribution in [3.8, 4) is 11.5 Å². The number of aromatic nitrogens is 1. The number of carbonyl (C=O) groups excluding carboxylic acids is 2. The molecule has 2 aromatic carbocycles. The van der Waals surface area contributed by atoms with E-state index in [9.17, 15) is 14.4 Å². The Balaban J connectivity index is 1.51. The number of likely N-dealkylation sites (N-methyl/N-ethyl adjacent to an activating group) is 1. The van der Waals surface area contributed by atoms with Crippen LogP contribution in [-0.2, 0) is 20.1 Å². The van der Waals surface area contributed by atoms with Gasteiger partial charge in [0, 0.05) is 41.8 Å². The van der Waals surface area contributed by atoms with Gasteiger partial charge in [0.05, 0.1) is 31.0 Å². The third kappa shape index (κ3) is 6.16. The van der Waals surface area contributed by atoms with Gasteiger partial charge in [-0.15, -0.1) is 11.3 Å². The number of carbonyl (C=O) groups is 2. The highest BCUT2D eigenvalue weighted by atomic mass is 35.5. The molecule has 2 aromatic heterocycles. The molecule has 39 heavy (non-hydrogen) atoms. The van der Waals surface area contributed by atoms with E-state index in [4.69, 9.17) is 21.1 Å². The zero-order valence-corrected chi connectivity index (χ0v) is 24.0. The van der Waals surface area contributed by atoms with Gasteiger partial charge < -0.3 is 19.4 Å². The van der Waals surface area contributed by atoms with Crippen molar-refractivity contribution in [1.29, 1.82) is 0 Å². The number of benzene rings is 2. The number of Topliss-reactive ketones (excluding diaryl/α,β-unsaturated/α-hetero) is 1. The van der Waals surface area contributed by atoms with Crippen molar-refractivity contribution >= 4 is 44.8 Å². The lowest BCUT2D eigenvalue weighted by atomic mass is 10.1. The molecule has 0 unspecified atom stereocenters. The second-order valence-corrected chi connectivity index (χ2v) is 10.8. The molecule has 0 bridgehead atoms. The maximum absolute atomic E-state index is 13.3. The Morgan fingerprint density at radius 3 is 2.44 bits per heavy atom. The minimum absolute atomic E-state index is 0.0630. The lowest BCUT2D eigenvalue weighted by molar-refractivity contribution is 0.0937. The Kier molecular flexibility index (Phi) is 8.74. The minimum Gasteiger partial charge on any atom is -0.493 e. The summed E-state index contributed by atoms with van der Waals surface area (Å²) >= 11 is 7.28. The molecule has 8 nitrogen and oxygen atoms in total. The van der Waals surface area contributed by atoms with E-state index in [0.717, 1.165) is 21.5 Å². The van der Waals surface area contributed by atoms with Crippen LogP contribution in [0.15, 0.2) is 53.5 Å². The van der Waals surface area contributed by atoms with Crippen molar-refractivity contribution in [2.75, 3.05) is 27.8 Å². The van der Waals surface area contributed by atoms with Crippen LogP contribution >= 0.6 is 22.9 Å². The fourth-order valence-corrected chi connectivity index (χ4v) is 5.91. The van der Waals surface area contributed by atoms with Crippen LogP contribution in [0.4, 0.5) is 0 Å². The summed E-state index contributed by atoms with van der Waals surface area (Å²) in [5.74, 6) is 0.557. The van der Waals surface area contributed by atoms with Crippen LogP contribution in [0.2, 0.25) is 5.02 Å². The number of methoxy groups -OCH3 is 2. The van der Waals surface area contributed by atoms with Gasteiger partial charge >= 0.3 is 0 Å². The van der Waals surface area contributed by atoms with E-state index >= 15 is 0 Å². The molecule has 10 heteroatoms. The standard InChI is InChI=1S/C29H30ClN3O5S/c1-17-25(16-32(2)15-22(34)19-8-11-23(37-4)24(12-19)38-5)39-28-26(17)33(3)14-21(27(28)35)29(36)31-13-18-6-9-20(30)10-7-18/h6-12,14H,13,15-16H2,1-5H3,(H,31,36). The highest BCUT2D eigenvalue weighted by Crippen LogP contribution is 2.30. The Hall–Kier alpha value is -3.66. The van der Waals surface area contributed by atoms with Gasteiger partial charge in [-0.25, -0.2) is 0 Å². The predicted octanol–water partition coefficient (Wildman–Crippen LogP) is 4.82. The predicted molar refractivity (Wildman–Crippen MR) is 155 cm³/mol. The molecule has 204 valence electrons. The van der Waals surface area contributed by atoms with Gasteiger partial charge in [-0.3, -0.25) is 19.3 Å². The minimum atomic E-state index is -0.433. The number of ketones is 1. The molecule has 1 amide bonds. The molecule has 0 spiro atoms. The second kappa shape index (κ2) is 12.0. The number of fused-ring (bicyclic) bond motifs is 1. The molecule has 0 aliphatic heterocycles. The van der Waals surface area contributed by atoms with Crippen molar-refractivity contribution in [2.45, 2.75) is 20.0 Å². The zero-order valence-electron chi connectivity index (χ0n) is 22.5. The molecule has 0 fully saturated rings. The number of ether oxygens (including phenoxy) is 2. The van der Waals surface area contributed by atoms with Crippen LogP contribution in [0.1, 0.15) is 36.7 Å². The summed E-state index contributed by atoms with van der Waals surface area (Å²) in [6, 6.07) is 12.2. The van der Waals surface area contributed by atoms with Crippen LogP contribution in [-0.4, -0.2) is 49.0 Å². The Labute approximate surface area is 235 Å². The first-order chi connectivity index (χ1) is 18.6. The molecule has 4 aromatic rings. The van der Waals surface area contributed by atoms with Crippen molar-refractivity contribution in [1.82, 2.24) is 14.8 Å². The SMILES string of the molecule is COc1ccc(C(=O)CN(C)Cc2sc3c(=O)c(C(=O)NCc4ccc(Cl)cc4)cn(C)c3c2C)cc1OC. The number of thiophene rings is 1. The van der Waals surface area contributed by atoms with Crippen molar-refractivity contribution < 1.29 is 19.1 Å². The van der Waals surface area contributed by atoms with Gasteiger partial charge in [0.25, 0.3) is 5.91 Å². The van der Waals surface area contributed by atoms with E-state index in [-0.39, 0.29) is 29.9 Å². The third-order valence-corrected chi connectivity index (χ3v) is 8.00. The molecule has 2 heterocycles. The topological polar surface area (TPSA) is 89.9 Å². The number of hydrogen-bond donors (Lipinski definition) is 1. The molecule has 0 saturated heterocycles. The summed E-state index contributed by atoms with van der Waals surface area (Å²) < 4.78 is 12.9. The molecule has 4 rings (SSSR count). The summed E-state index contributed by atoms with van der Waals surface area (Å²) in [5, 5.41) is 3.44. The summed E-state index contributed by atoms with van der Waals surface area (Å²) in [7, 11) is 6.76. The Bertz CT molecular complexity index is 1590. The fraction of sp³-hybridized carbons (Fsp3) is 0.276.